The van der Waals surface area contributed by atoms with Gasteiger partial charge in [-0.05, 0) is 24.0 Å². The molecule has 2 unspecified atom stereocenters. The predicted octanol–water partition coefficient (Wildman–Crippen LogP) is 3.81. The van der Waals surface area contributed by atoms with Crippen LogP contribution in [-0.2, 0) is 4.79 Å². The van der Waals surface area contributed by atoms with E-state index in [0.717, 1.165) is 24.1 Å². The minimum absolute atomic E-state index is 0.0337. The Morgan fingerprint density at radius 3 is 2.94 bits per heavy atom. The van der Waals surface area contributed by atoms with E-state index in [1.807, 2.05) is 18.2 Å². The first-order valence-corrected chi connectivity index (χ1v) is 6.12. The first-order valence-electron chi connectivity index (χ1n) is 5.74. The lowest BCUT2D eigenvalue weighted by Crippen LogP contribution is -2.18. The Hall–Kier alpha value is -1.02. The fourth-order valence-electron chi connectivity index (χ4n) is 2.46. The summed E-state index contributed by atoms with van der Waals surface area (Å²) in [6.45, 7) is 4.27. The van der Waals surface area contributed by atoms with Crippen LogP contribution in [0.5, 0.6) is 0 Å². The highest BCUT2D eigenvalue weighted by Gasteiger charge is 2.35. The zero-order valence-corrected chi connectivity index (χ0v) is 10.3. The molecule has 16 heavy (non-hydrogen) atoms. The van der Waals surface area contributed by atoms with Crippen LogP contribution in [0.4, 0.5) is 5.69 Å². The fourth-order valence-corrected chi connectivity index (χ4v) is 2.69. The van der Waals surface area contributed by atoms with Gasteiger partial charge in [-0.15, -0.1) is 0 Å². The van der Waals surface area contributed by atoms with Crippen molar-refractivity contribution in [2.45, 2.75) is 32.6 Å². The van der Waals surface area contributed by atoms with E-state index in [1.165, 1.54) is 0 Å². The van der Waals surface area contributed by atoms with Crippen molar-refractivity contribution in [2.75, 3.05) is 5.32 Å². The monoisotopic (exact) mass is 237 g/mol. The summed E-state index contributed by atoms with van der Waals surface area (Å²) < 4.78 is 0. The summed E-state index contributed by atoms with van der Waals surface area (Å²) in [6, 6.07) is 5.72. The average molecular weight is 238 g/mol. The maximum absolute atomic E-state index is 11.9. The molecular formula is C13H16ClNO. The smallest absolute Gasteiger partial charge is 0.232 e. The van der Waals surface area contributed by atoms with Crippen LogP contribution in [0.15, 0.2) is 18.2 Å². The molecule has 1 N–H and O–H groups in total. The number of fused-ring (bicyclic) bond motifs is 1. The highest BCUT2D eigenvalue weighted by atomic mass is 35.5. The lowest BCUT2D eigenvalue weighted by molar-refractivity contribution is -0.118. The summed E-state index contributed by atoms with van der Waals surface area (Å²) >= 11 is 6.07. The van der Waals surface area contributed by atoms with E-state index in [4.69, 9.17) is 11.6 Å². The molecule has 2 rings (SSSR count). The number of amides is 1. The first kappa shape index (κ1) is 11.5. The van der Waals surface area contributed by atoms with Gasteiger partial charge in [-0.25, -0.2) is 0 Å². The van der Waals surface area contributed by atoms with Gasteiger partial charge < -0.3 is 5.32 Å². The quantitative estimate of drug-likeness (QED) is 0.851. The van der Waals surface area contributed by atoms with Crippen molar-refractivity contribution >= 4 is 23.2 Å². The van der Waals surface area contributed by atoms with Crippen LogP contribution in [-0.4, -0.2) is 5.91 Å². The zero-order valence-electron chi connectivity index (χ0n) is 9.59. The van der Waals surface area contributed by atoms with Crippen LogP contribution < -0.4 is 5.32 Å². The van der Waals surface area contributed by atoms with Crippen molar-refractivity contribution in [1.29, 1.82) is 0 Å². The van der Waals surface area contributed by atoms with Crippen LogP contribution in [0.1, 0.15) is 38.2 Å². The van der Waals surface area contributed by atoms with Crippen molar-refractivity contribution in [3.63, 3.8) is 0 Å². The van der Waals surface area contributed by atoms with Gasteiger partial charge in [-0.2, -0.15) is 0 Å². The molecule has 0 aromatic heterocycles. The van der Waals surface area contributed by atoms with Crippen molar-refractivity contribution in [1.82, 2.24) is 0 Å². The van der Waals surface area contributed by atoms with Crippen molar-refractivity contribution in [3.8, 4) is 0 Å². The number of rotatable bonds is 3. The van der Waals surface area contributed by atoms with E-state index < -0.39 is 0 Å². The molecule has 0 spiro atoms. The van der Waals surface area contributed by atoms with Gasteiger partial charge in [0.05, 0.1) is 16.6 Å². The Kier molecular flexibility index (Phi) is 3.20. The number of halogens is 1. The number of carbonyl (C=O) groups is 1. The molecular weight excluding hydrogens is 222 g/mol. The van der Waals surface area contributed by atoms with Gasteiger partial charge in [0.25, 0.3) is 0 Å². The number of carbonyl (C=O) groups excluding carboxylic acids is 1. The molecule has 0 saturated heterocycles. The Labute approximate surface area is 101 Å². The Morgan fingerprint density at radius 2 is 2.25 bits per heavy atom. The summed E-state index contributed by atoms with van der Waals surface area (Å²) in [5.74, 6) is 0.419. The predicted molar refractivity (Wildman–Crippen MR) is 66.9 cm³/mol. The second-order valence-electron chi connectivity index (χ2n) is 4.44. The zero-order chi connectivity index (χ0) is 11.7. The molecule has 0 bridgehead atoms. The van der Waals surface area contributed by atoms with Gasteiger partial charge in [0.2, 0.25) is 5.91 Å². The molecule has 1 heterocycles. The second kappa shape index (κ2) is 4.46. The molecule has 1 aliphatic rings. The number of para-hydroxylation sites is 1. The summed E-state index contributed by atoms with van der Waals surface area (Å²) in [6.07, 6.45) is 2.16. The van der Waals surface area contributed by atoms with Crippen LogP contribution in [0.2, 0.25) is 5.02 Å². The SMILES string of the molecule is CCCC(C)C1C(=O)Nc2c(Cl)cccc21. The molecule has 1 aliphatic heterocycles. The molecule has 0 radical (unpaired) electrons. The Bertz CT molecular complexity index is 416. The van der Waals surface area contributed by atoms with Crippen LogP contribution >= 0.6 is 11.6 Å². The number of anilines is 1. The van der Waals surface area contributed by atoms with E-state index in [0.29, 0.717) is 10.9 Å². The Balaban J connectivity index is 2.36. The highest BCUT2D eigenvalue weighted by Crippen LogP contribution is 2.42. The standard InChI is InChI=1S/C13H16ClNO/c1-3-5-8(2)11-9-6-4-7-10(14)12(9)15-13(11)16/h4,6-8,11H,3,5H2,1-2H3,(H,15,16). The molecule has 0 aliphatic carbocycles. The number of hydrogen-bond donors (Lipinski definition) is 1. The first-order chi connectivity index (χ1) is 7.65. The summed E-state index contributed by atoms with van der Waals surface area (Å²) in [5.41, 5.74) is 1.86. The Morgan fingerprint density at radius 1 is 1.50 bits per heavy atom. The largest absolute Gasteiger partial charge is 0.324 e. The van der Waals surface area contributed by atoms with Gasteiger partial charge in [0.15, 0.2) is 0 Å². The second-order valence-corrected chi connectivity index (χ2v) is 4.84. The molecule has 1 aromatic rings. The lowest BCUT2D eigenvalue weighted by atomic mass is 9.85. The number of hydrogen-bond acceptors (Lipinski definition) is 1. The third-order valence-corrected chi connectivity index (χ3v) is 3.54. The topological polar surface area (TPSA) is 29.1 Å². The highest BCUT2D eigenvalue weighted by molar-refractivity contribution is 6.34. The van der Waals surface area contributed by atoms with Crippen LogP contribution in [0.3, 0.4) is 0 Å². The molecule has 2 atom stereocenters. The lowest BCUT2D eigenvalue weighted by Gasteiger charge is -2.16. The molecule has 86 valence electrons. The molecule has 3 heteroatoms. The normalized spacial score (nSPS) is 20.4. The molecule has 1 aromatic carbocycles. The van der Waals surface area contributed by atoms with E-state index in [-0.39, 0.29) is 11.8 Å². The van der Waals surface area contributed by atoms with Crippen molar-refractivity contribution in [2.24, 2.45) is 5.92 Å². The third-order valence-electron chi connectivity index (χ3n) is 3.22. The van der Waals surface area contributed by atoms with Gasteiger partial charge in [0.1, 0.15) is 0 Å². The summed E-state index contributed by atoms with van der Waals surface area (Å²) in [4.78, 5) is 11.9. The fraction of sp³-hybridized carbons (Fsp3) is 0.462. The third kappa shape index (κ3) is 1.82. The van der Waals surface area contributed by atoms with Gasteiger partial charge >= 0.3 is 0 Å². The van der Waals surface area contributed by atoms with E-state index in [2.05, 4.69) is 19.2 Å². The summed E-state index contributed by atoms with van der Waals surface area (Å²) in [7, 11) is 0. The number of benzene rings is 1. The minimum Gasteiger partial charge on any atom is -0.324 e. The van der Waals surface area contributed by atoms with Crippen LogP contribution in [0.25, 0.3) is 0 Å². The molecule has 0 fully saturated rings. The maximum Gasteiger partial charge on any atom is 0.232 e. The molecule has 1 amide bonds. The van der Waals surface area contributed by atoms with Crippen molar-refractivity contribution in [3.05, 3.63) is 28.8 Å². The molecule has 0 saturated carbocycles. The maximum atomic E-state index is 11.9. The van der Waals surface area contributed by atoms with Crippen molar-refractivity contribution < 1.29 is 4.79 Å². The average Bonchev–Trinajstić information content (AvgIpc) is 2.56. The molecule has 2 nitrogen and oxygen atoms in total. The number of nitrogens with one attached hydrogen (secondary N) is 1. The van der Waals surface area contributed by atoms with Crippen LogP contribution in [0, 0.1) is 5.92 Å². The minimum atomic E-state index is -0.0337. The summed E-state index contributed by atoms with van der Waals surface area (Å²) in [5, 5.41) is 3.52. The van der Waals surface area contributed by atoms with Gasteiger partial charge in [0, 0.05) is 0 Å². The van der Waals surface area contributed by atoms with E-state index in [1.54, 1.807) is 0 Å². The van der Waals surface area contributed by atoms with E-state index in [9.17, 15) is 4.79 Å². The van der Waals surface area contributed by atoms with Gasteiger partial charge in [-0.1, -0.05) is 44.0 Å². The van der Waals surface area contributed by atoms with E-state index >= 15 is 0 Å². The van der Waals surface area contributed by atoms with Gasteiger partial charge in [-0.3, -0.25) is 4.79 Å².